The number of hydrogen-bond donors (Lipinski definition) is 1. The van der Waals surface area contributed by atoms with Crippen LogP contribution in [0, 0.1) is 12.3 Å². The first kappa shape index (κ1) is 12.7. The molecule has 0 aliphatic carbocycles. The molecule has 0 unspecified atom stereocenters. The molecule has 2 N–H and O–H groups in total. The molecule has 0 fully saturated rings. The number of allylic oxidation sites excluding steroid dienone is 6. The van der Waals surface area contributed by atoms with Crippen LogP contribution in [-0.2, 0) is 0 Å². The maximum atomic E-state index is 5.60. The van der Waals surface area contributed by atoms with Crippen molar-refractivity contribution in [3.8, 4) is 12.3 Å². The molecule has 3 nitrogen and oxygen atoms in total. The minimum absolute atomic E-state index is 0.492. The van der Waals surface area contributed by atoms with E-state index in [0.29, 0.717) is 17.8 Å². The Balaban J connectivity index is 3.13. The Morgan fingerprint density at radius 3 is 3.00 bits per heavy atom. The lowest BCUT2D eigenvalue weighted by molar-refractivity contribution is 1.20. The molecule has 0 saturated heterocycles. The van der Waals surface area contributed by atoms with Gasteiger partial charge in [-0.3, -0.25) is 0 Å². The summed E-state index contributed by atoms with van der Waals surface area (Å²) in [4.78, 5) is 0. The molecule has 0 spiro atoms. The van der Waals surface area contributed by atoms with E-state index in [4.69, 9.17) is 12.2 Å². The predicted octanol–water partition coefficient (Wildman–Crippen LogP) is 2.35. The van der Waals surface area contributed by atoms with Gasteiger partial charge >= 0.3 is 0 Å². The number of nitrogens with zero attached hydrogens (tertiary/aromatic N) is 2. The van der Waals surface area contributed by atoms with Crippen molar-refractivity contribution in [3.63, 3.8) is 0 Å². The second-order valence-corrected chi connectivity index (χ2v) is 3.45. The van der Waals surface area contributed by atoms with Gasteiger partial charge < -0.3 is 5.73 Å². The van der Waals surface area contributed by atoms with Crippen LogP contribution >= 0.6 is 0 Å². The van der Waals surface area contributed by atoms with Crippen molar-refractivity contribution in [2.45, 2.75) is 13.3 Å². The fourth-order valence-electron chi connectivity index (χ4n) is 1.25. The summed E-state index contributed by atoms with van der Waals surface area (Å²) >= 11 is 0. The van der Waals surface area contributed by atoms with Crippen molar-refractivity contribution in [2.75, 3.05) is 0 Å². The van der Waals surface area contributed by atoms with Gasteiger partial charge in [0.15, 0.2) is 0 Å². The zero-order valence-corrected chi connectivity index (χ0v) is 9.85. The molecule has 0 amide bonds. The van der Waals surface area contributed by atoms with E-state index in [0.717, 1.165) is 11.3 Å². The Kier molecular flexibility index (Phi) is 4.71. The van der Waals surface area contributed by atoms with E-state index >= 15 is 0 Å². The Hall–Kier alpha value is -2.34. The highest BCUT2D eigenvalue weighted by atomic mass is 15.2. The Morgan fingerprint density at radius 2 is 2.35 bits per heavy atom. The highest BCUT2D eigenvalue weighted by Gasteiger charge is 2.04. The molecule has 86 valence electrons. The predicted molar refractivity (Wildman–Crippen MR) is 73.7 cm³/mol. The Morgan fingerprint density at radius 1 is 1.59 bits per heavy atom. The van der Waals surface area contributed by atoms with Crippen LogP contribution in [0.2, 0.25) is 0 Å². The maximum Gasteiger partial charge on any atom is 0.126 e. The lowest BCUT2D eigenvalue weighted by Crippen LogP contribution is -2.08. The molecule has 0 radical (unpaired) electrons. The van der Waals surface area contributed by atoms with Crippen LogP contribution in [0.25, 0.3) is 0 Å². The minimum Gasteiger partial charge on any atom is -0.385 e. The van der Waals surface area contributed by atoms with E-state index in [9.17, 15) is 0 Å². The maximum absolute atomic E-state index is 5.60. The van der Waals surface area contributed by atoms with Crippen molar-refractivity contribution in [2.24, 2.45) is 15.9 Å². The summed E-state index contributed by atoms with van der Waals surface area (Å²) < 4.78 is 0. The zero-order chi connectivity index (χ0) is 12.7. The normalized spacial score (nSPS) is 16.1. The van der Waals surface area contributed by atoms with Crippen molar-refractivity contribution >= 4 is 11.5 Å². The van der Waals surface area contributed by atoms with Gasteiger partial charge in [0.05, 0.1) is 5.71 Å². The standard InChI is InChI=1S/C14H15N3/c1-4-7-12(10-11(3)5-2)13-8-6-9-14(15)17-16-13/h2,4,6-8,10H,3,9H2,1H3,(H2,15,17)/b7-4-,12-10+. The van der Waals surface area contributed by atoms with Crippen molar-refractivity contribution in [3.05, 3.63) is 48.1 Å². The molecule has 0 aromatic carbocycles. The van der Waals surface area contributed by atoms with Crippen molar-refractivity contribution in [1.29, 1.82) is 0 Å². The van der Waals surface area contributed by atoms with Crippen molar-refractivity contribution in [1.82, 2.24) is 0 Å². The lowest BCUT2D eigenvalue weighted by Gasteiger charge is -2.00. The molecular weight excluding hydrogens is 210 g/mol. The molecular formula is C14H15N3. The van der Waals surface area contributed by atoms with Gasteiger partial charge in [0.1, 0.15) is 5.84 Å². The smallest absolute Gasteiger partial charge is 0.126 e. The number of rotatable bonds is 3. The summed E-state index contributed by atoms with van der Waals surface area (Å²) in [7, 11) is 0. The quantitative estimate of drug-likeness (QED) is 0.581. The number of terminal acetylenes is 1. The number of amidine groups is 1. The molecule has 0 atom stereocenters. The summed E-state index contributed by atoms with van der Waals surface area (Å²) in [5, 5.41) is 7.98. The van der Waals surface area contributed by atoms with Crippen LogP contribution in [0.4, 0.5) is 0 Å². The van der Waals surface area contributed by atoms with E-state index in [2.05, 4.69) is 22.7 Å². The first-order valence-electron chi connectivity index (χ1n) is 5.24. The van der Waals surface area contributed by atoms with Gasteiger partial charge in [-0.1, -0.05) is 30.7 Å². The summed E-state index contributed by atoms with van der Waals surface area (Å²) in [5.74, 6) is 2.97. The van der Waals surface area contributed by atoms with Crippen LogP contribution in [0.1, 0.15) is 13.3 Å². The molecule has 1 heterocycles. The first-order valence-corrected chi connectivity index (χ1v) is 5.24. The average molecular weight is 225 g/mol. The van der Waals surface area contributed by atoms with Crippen LogP contribution in [0.5, 0.6) is 0 Å². The highest BCUT2D eigenvalue weighted by Crippen LogP contribution is 2.09. The van der Waals surface area contributed by atoms with E-state index in [1.54, 1.807) is 6.08 Å². The van der Waals surface area contributed by atoms with Gasteiger partial charge in [0, 0.05) is 17.6 Å². The van der Waals surface area contributed by atoms with Gasteiger partial charge in [0.25, 0.3) is 0 Å². The van der Waals surface area contributed by atoms with Crippen LogP contribution in [0.15, 0.2) is 58.3 Å². The monoisotopic (exact) mass is 225 g/mol. The molecule has 0 saturated carbocycles. The van der Waals surface area contributed by atoms with Gasteiger partial charge in [-0.25, -0.2) is 0 Å². The second-order valence-electron chi connectivity index (χ2n) is 3.45. The first-order chi connectivity index (χ1) is 8.17. The lowest BCUT2D eigenvalue weighted by atomic mass is 10.1. The second kappa shape index (κ2) is 6.29. The molecule has 0 aromatic rings. The third kappa shape index (κ3) is 3.96. The Bertz CT molecular complexity index is 494. The van der Waals surface area contributed by atoms with Crippen molar-refractivity contribution < 1.29 is 0 Å². The van der Waals surface area contributed by atoms with Gasteiger partial charge in [0.2, 0.25) is 0 Å². The van der Waals surface area contributed by atoms with Crippen LogP contribution < -0.4 is 5.73 Å². The highest BCUT2D eigenvalue weighted by molar-refractivity contribution is 6.11. The largest absolute Gasteiger partial charge is 0.385 e. The molecule has 0 aromatic heterocycles. The van der Waals surface area contributed by atoms with E-state index in [1.165, 1.54) is 0 Å². The zero-order valence-electron chi connectivity index (χ0n) is 9.85. The average Bonchev–Trinajstić information content (AvgIpc) is 2.53. The van der Waals surface area contributed by atoms with E-state index in [-0.39, 0.29) is 0 Å². The SMILES string of the molecule is C#CC(=C)/C=C(\C=C/C)C1=NN=C(N)CC=C1. The molecule has 1 aliphatic rings. The van der Waals surface area contributed by atoms with Crippen LogP contribution in [-0.4, -0.2) is 11.5 Å². The topological polar surface area (TPSA) is 50.7 Å². The summed E-state index contributed by atoms with van der Waals surface area (Å²) in [6, 6.07) is 0. The molecule has 17 heavy (non-hydrogen) atoms. The molecule has 1 aliphatic heterocycles. The number of nitrogens with two attached hydrogens (primary N) is 1. The third-order valence-corrected chi connectivity index (χ3v) is 2.05. The summed E-state index contributed by atoms with van der Waals surface area (Å²) in [6.45, 7) is 5.66. The van der Waals surface area contributed by atoms with E-state index < -0.39 is 0 Å². The Labute approximate surface area is 102 Å². The minimum atomic E-state index is 0.492. The van der Waals surface area contributed by atoms with Gasteiger partial charge in [-0.05, 0) is 19.1 Å². The molecule has 1 rings (SSSR count). The molecule has 3 heteroatoms. The van der Waals surface area contributed by atoms with E-state index in [1.807, 2.05) is 31.2 Å². The summed E-state index contributed by atoms with van der Waals surface area (Å²) in [5.41, 5.74) is 7.78. The fourth-order valence-corrected chi connectivity index (χ4v) is 1.25. The van der Waals surface area contributed by atoms with Crippen LogP contribution in [0.3, 0.4) is 0 Å². The number of hydrogen-bond acceptors (Lipinski definition) is 3. The third-order valence-electron chi connectivity index (χ3n) is 2.05. The van der Waals surface area contributed by atoms with Gasteiger partial charge in [-0.2, -0.15) is 0 Å². The summed E-state index contributed by atoms with van der Waals surface area (Å²) in [6.07, 6.45) is 15.3. The fraction of sp³-hybridized carbons (Fsp3) is 0.143. The van der Waals surface area contributed by atoms with Gasteiger partial charge in [-0.15, -0.1) is 16.6 Å². The molecule has 0 bridgehead atoms.